The third-order valence-electron chi connectivity index (χ3n) is 4.58. The summed E-state index contributed by atoms with van der Waals surface area (Å²) >= 11 is 0. The summed E-state index contributed by atoms with van der Waals surface area (Å²) in [7, 11) is 0. The summed E-state index contributed by atoms with van der Waals surface area (Å²) in [6.45, 7) is -0.379. The highest BCUT2D eigenvalue weighted by Crippen LogP contribution is 2.37. The van der Waals surface area contributed by atoms with Crippen molar-refractivity contribution >= 4 is 23.9 Å². The van der Waals surface area contributed by atoms with Crippen molar-refractivity contribution in [2.24, 2.45) is 0 Å². The third kappa shape index (κ3) is 5.87. The summed E-state index contributed by atoms with van der Waals surface area (Å²) in [6.07, 6.45) is -1.66. The average Bonchev–Trinajstić information content (AvgIpc) is 2.70. The number of hydrogen-bond donors (Lipinski definition) is 3. The molecule has 29 heavy (non-hydrogen) atoms. The number of rotatable bonds is 4. The lowest BCUT2D eigenvalue weighted by atomic mass is 10.0. The van der Waals surface area contributed by atoms with Gasteiger partial charge in [-0.1, -0.05) is 0 Å². The molecule has 2 aliphatic rings. The van der Waals surface area contributed by atoms with Crippen molar-refractivity contribution < 1.29 is 53.4 Å². The molecule has 2 unspecified atom stereocenters. The van der Waals surface area contributed by atoms with Gasteiger partial charge < -0.3 is 34.3 Å². The Bertz CT molecular complexity index is 611. The standard InChI is InChI=1S/C18H26O11/c19-11-5-6-12-17(24,27-14(21)8-2-1-7-13(20)26-12)18(25)28-15(22)9-3-4-10-16(23)29-18/h12,19,24-25H,1-11H2. The van der Waals surface area contributed by atoms with Gasteiger partial charge in [-0.15, -0.1) is 0 Å². The molecule has 0 bridgehead atoms. The molecule has 2 aliphatic heterocycles. The number of aliphatic hydroxyl groups is 3. The molecular weight excluding hydrogens is 392 g/mol. The topological polar surface area (TPSA) is 166 Å². The van der Waals surface area contributed by atoms with Gasteiger partial charge in [0.25, 0.3) is 0 Å². The maximum Gasteiger partial charge on any atom is 0.447 e. The summed E-state index contributed by atoms with van der Waals surface area (Å²) in [4.78, 5) is 48.5. The number of carbonyl (C=O) groups is 4. The van der Waals surface area contributed by atoms with Crippen LogP contribution in [0.1, 0.15) is 64.2 Å². The van der Waals surface area contributed by atoms with E-state index in [1.54, 1.807) is 0 Å². The quantitative estimate of drug-likeness (QED) is 0.408. The number of carbonyl (C=O) groups excluding carboxylic acids is 4. The van der Waals surface area contributed by atoms with E-state index in [-0.39, 0.29) is 64.4 Å². The number of hydrogen-bond acceptors (Lipinski definition) is 11. The Morgan fingerprint density at radius 3 is 1.69 bits per heavy atom. The van der Waals surface area contributed by atoms with E-state index in [0.717, 1.165) is 0 Å². The van der Waals surface area contributed by atoms with Crippen molar-refractivity contribution in [2.75, 3.05) is 6.61 Å². The van der Waals surface area contributed by atoms with Crippen molar-refractivity contribution in [2.45, 2.75) is 82.1 Å². The van der Waals surface area contributed by atoms with E-state index in [1.807, 2.05) is 0 Å². The first-order valence-corrected chi connectivity index (χ1v) is 9.61. The van der Waals surface area contributed by atoms with Gasteiger partial charge in [0, 0.05) is 32.3 Å². The molecule has 0 aromatic rings. The SMILES string of the molecule is O=C1CCCCC(=O)OC(O)(C2(O)OC(=O)CCCCC(=O)O2)C(CCCO)O1. The first kappa shape index (κ1) is 23.0. The van der Waals surface area contributed by atoms with Crippen LogP contribution in [0.3, 0.4) is 0 Å². The molecule has 0 aromatic carbocycles. The molecule has 2 heterocycles. The third-order valence-corrected chi connectivity index (χ3v) is 4.58. The fourth-order valence-corrected chi connectivity index (χ4v) is 3.04. The lowest BCUT2D eigenvalue weighted by molar-refractivity contribution is -0.459. The van der Waals surface area contributed by atoms with E-state index in [1.165, 1.54) is 0 Å². The molecule has 3 N–H and O–H groups in total. The minimum Gasteiger partial charge on any atom is -0.455 e. The first-order valence-electron chi connectivity index (χ1n) is 9.61. The maximum absolute atomic E-state index is 12.2. The van der Waals surface area contributed by atoms with Crippen LogP contribution in [-0.2, 0) is 38.1 Å². The Labute approximate surface area is 166 Å². The molecule has 0 aliphatic carbocycles. The van der Waals surface area contributed by atoms with Crippen LogP contribution in [-0.4, -0.2) is 63.7 Å². The van der Waals surface area contributed by atoms with Crippen LogP contribution in [0.2, 0.25) is 0 Å². The second-order valence-electron chi connectivity index (χ2n) is 6.96. The monoisotopic (exact) mass is 418 g/mol. The summed E-state index contributed by atoms with van der Waals surface area (Å²) in [5.74, 6) is -10.5. The van der Waals surface area contributed by atoms with Crippen LogP contribution < -0.4 is 0 Å². The van der Waals surface area contributed by atoms with Crippen LogP contribution >= 0.6 is 0 Å². The fraction of sp³-hybridized carbons (Fsp3) is 0.778. The molecule has 2 fully saturated rings. The highest BCUT2D eigenvalue weighted by molar-refractivity contribution is 5.74. The Morgan fingerprint density at radius 1 is 0.759 bits per heavy atom. The average molecular weight is 418 g/mol. The van der Waals surface area contributed by atoms with Gasteiger partial charge in [-0.25, -0.2) is 0 Å². The highest BCUT2D eigenvalue weighted by atomic mass is 16.9. The number of aliphatic hydroxyl groups excluding tert-OH is 1. The number of esters is 4. The van der Waals surface area contributed by atoms with Crippen LogP contribution in [0.15, 0.2) is 0 Å². The lowest BCUT2D eigenvalue weighted by Gasteiger charge is -2.42. The zero-order chi connectivity index (χ0) is 21.5. The molecule has 11 heteroatoms. The zero-order valence-electron chi connectivity index (χ0n) is 16.0. The van der Waals surface area contributed by atoms with Gasteiger partial charge in [0.15, 0.2) is 6.10 Å². The molecule has 11 nitrogen and oxygen atoms in total. The minimum absolute atomic E-state index is 0.0320. The minimum atomic E-state index is -3.44. The van der Waals surface area contributed by atoms with E-state index in [4.69, 9.17) is 24.1 Å². The molecule has 164 valence electrons. The highest BCUT2D eigenvalue weighted by Gasteiger charge is 2.67. The Morgan fingerprint density at radius 2 is 1.21 bits per heavy atom. The molecule has 2 atom stereocenters. The van der Waals surface area contributed by atoms with E-state index in [0.29, 0.717) is 6.42 Å². The van der Waals surface area contributed by atoms with Crippen LogP contribution in [0.4, 0.5) is 0 Å². The Balaban J connectivity index is 2.50. The van der Waals surface area contributed by atoms with Gasteiger partial charge in [0.05, 0.1) is 0 Å². The molecule has 0 radical (unpaired) electrons. The van der Waals surface area contributed by atoms with Gasteiger partial charge in [0.2, 0.25) is 0 Å². The van der Waals surface area contributed by atoms with E-state index in [9.17, 15) is 29.4 Å². The summed E-state index contributed by atoms with van der Waals surface area (Å²) in [5, 5.41) is 31.2. The molecule has 0 amide bonds. The van der Waals surface area contributed by atoms with Crippen molar-refractivity contribution in [3.63, 3.8) is 0 Å². The van der Waals surface area contributed by atoms with Crippen molar-refractivity contribution in [1.29, 1.82) is 0 Å². The first-order chi connectivity index (χ1) is 13.7. The second-order valence-corrected chi connectivity index (χ2v) is 6.96. The molecule has 2 saturated heterocycles. The van der Waals surface area contributed by atoms with Crippen LogP contribution in [0.5, 0.6) is 0 Å². The predicted octanol–water partition coefficient (Wildman–Crippen LogP) is -0.217. The lowest BCUT2D eigenvalue weighted by Crippen LogP contribution is -2.68. The van der Waals surface area contributed by atoms with Crippen molar-refractivity contribution in [3.05, 3.63) is 0 Å². The van der Waals surface area contributed by atoms with Gasteiger partial charge in [-0.3, -0.25) is 19.2 Å². The Kier molecular flexibility index (Phi) is 7.94. The van der Waals surface area contributed by atoms with Crippen molar-refractivity contribution in [3.8, 4) is 0 Å². The van der Waals surface area contributed by atoms with Crippen LogP contribution in [0, 0.1) is 0 Å². The molecule has 0 saturated carbocycles. The molecular formula is C18H26O11. The number of ether oxygens (including phenoxy) is 4. The van der Waals surface area contributed by atoms with E-state index >= 15 is 0 Å². The Hall–Kier alpha value is -2.24. The molecule has 0 spiro atoms. The second kappa shape index (κ2) is 9.99. The van der Waals surface area contributed by atoms with Crippen LogP contribution in [0.25, 0.3) is 0 Å². The largest absolute Gasteiger partial charge is 0.455 e. The predicted molar refractivity (Wildman–Crippen MR) is 91.3 cm³/mol. The van der Waals surface area contributed by atoms with Crippen molar-refractivity contribution in [1.82, 2.24) is 0 Å². The van der Waals surface area contributed by atoms with E-state index < -0.39 is 41.7 Å². The van der Waals surface area contributed by atoms with Gasteiger partial charge >= 0.3 is 35.6 Å². The summed E-state index contributed by atoms with van der Waals surface area (Å²) in [6, 6.07) is 0. The fourth-order valence-electron chi connectivity index (χ4n) is 3.04. The zero-order valence-corrected chi connectivity index (χ0v) is 16.0. The van der Waals surface area contributed by atoms with Gasteiger partial charge in [-0.2, -0.15) is 0 Å². The summed E-state index contributed by atoms with van der Waals surface area (Å²) < 4.78 is 19.8. The van der Waals surface area contributed by atoms with Gasteiger partial charge in [-0.05, 0) is 38.5 Å². The smallest absolute Gasteiger partial charge is 0.447 e. The molecule has 0 aromatic heterocycles. The normalized spacial score (nSPS) is 29.3. The summed E-state index contributed by atoms with van der Waals surface area (Å²) in [5.41, 5.74) is 0. The maximum atomic E-state index is 12.2. The van der Waals surface area contributed by atoms with Gasteiger partial charge in [0.1, 0.15) is 0 Å². The number of cyclic esters (lactones) is 4. The van der Waals surface area contributed by atoms with E-state index in [2.05, 4.69) is 0 Å². The molecule has 2 rings (SSSR count).